The van der Waals surface area contributed by atoms with Crippen LogP contribution in [0.25, 0.3) is 0 Å². The van der Waals surface area contributed by atoms with Gasteiger partial charge in [0.05, 0.1) is 5.69 Å². The smallest absolute Gasteiger partial charge is 0.120 e. The van der Waals surface area contributed by atoms with Crippen molar-refractivity contribution in [3.8, 4) is 0 Å². The normalized spacial score (nSPS) is 16.3. The van der Waals surface area contributed by atoms with E-state index in [2.05, 4.69) is 4.99 Å². The number of nitrogens with zero attached hydrogens (tertiary/aromatic N) is 1. The maximum Gasteiger partial charge on any atom is 0.120 e. The molecule has 0 saturated heterocycles. The highest BCUT2D eigenvalue weighted by Crippen LogP contribution is 2.16. The molecule has 0 unspecified atom stereocenters. The largest absolute Gasteiger partial charge is 0.508 e. The van der Waals surface area contributed by atoms with Gasteiger partial charge in [0.25, 0.3) is 0 Å². The molecule has 2 nitrogen and oxygen atoms in total. The van der Waals surface area contributed by atoms with Gasteiger partial charge in [-0.15, -0.1) is 0 Å². The zero-order valence-corrected chi connectivity index (χ0v) is 8.43. The van der Waals surface area contributed by atoms with Crippen LogP contribution in [-0.4, -0.2) is 11.3 Å². The molecule has 0 amide bonds. The summed E-state index contributed by atoms with van der Waals surface area (Å²) in [5.74, 6) is 0.334. The molecule has 0 fully saturated rings. The van der Waals surface area contributed by atoms with Gasteiger partial charge in [0.15, 0.2) is 0 Å². The molecule has 1 N–H and O–H groups in total. The number of aliphatic imine (C=N–C) groups is 1. The SMILES string of the molecule is OC1=CCCC=C1C=Nc1ccccc1. The average Bonchev–Trinajstić information content (AvgIpc) is 2.29. The second-order valence-electron chi connectivity index (χ2n) is 3.42. The fourth-order valence-electron chi connectivity index (χ4n) is 1.46. The van der Waals surface area contributed by atoms with E-state index in [1.165, 1.54) is 0 Å². The Morgan fingerprint density at radius 2 is 1.80 bits per heavy atom. The molecule has 0 aromatic heterocycles. The molecule has 2 rings (SSSR count). The van der Waals surface area contributed by atoms with E-state index in [1.807, 2.05) is 42.5 Å². The van der Waals surface area contributed by atoms with Gasteiger partial charge in [-0.05, 0) is 31.1 Å². The molecule has 0 bridgehead atoms. The lowest BCUT2D eigenvalue weighted by atomic mass is 10.1. The van der Waals surface area contributed by atoms with Gasteiger partial charge in [-0.3, -0.25) is 4.99 Å². The minimum absolute atomic E-state index is 0.334. The van der Waals surface area contributed by atoms with Crippen molar-refractivity contribution in [1.82, 2.24) is 0 Å². The van der Waals surface area contributed by atoms with E-state index in [9.17, 15) is 5.11 Å². The second kappa shape index (κ2) is 4.60. The van der Waals surface area contributed by atoms with Crippen molar-refractivity contribution in [3.63, 3.8) is 0 Å². The first-order chi connectivity index (χ1) is 7.36. The van der Waals surface area contributed by atoms with Gasteiger partial charge in [-0.1, -0.05) is 24.3 Å². The van der Waals surface area contributed by atoms with Gasteiger partial charge in [0.2, 0.25) is 0 Å². The van der Waals surface area contributed by atoms with Gasteiger partial charge < -0.3 is 5.11 Å². The van der Waals surface area contributed by atoms with E-state index >= 15 is 0 Å². The van der Waals surface area contributed by atoms with Gasteiger partial charge in [-0.2, -0.15) is 0 Å². The van der Waals surface area contributed by atoms with E-state index < -0.39 is 0 Å². The van der Waals surface area contributed by atoms with Crippen molar-refractivity contribution in [1.29, 1.82) is 0 Å². The van der Waals surface area contributed by atoms with Gasteiger partial charge in [-0.25, -0.2) is 0 Å². The first-order valence-corrected chi connectivity index (χ1v) is 5.05. The van der Waals surface area contributed by atoms with Gasteiger partial charge >= 0.3 is 0 Å². The van der Waals surface area contributed by atoms with Crippen LogP contribution < -0.4 is 0 Å². The molecule has 0 radical (unpaired) electrons. The topological polar surface area (TPSA) is 32.6 Å². The lowest BCUT2D eigenvalue weighted by Crippen LogP contribution is -1.94. The third-order valence-electron chi connectivity index (χ3n) is 2.27. The third kappa shape index (κ3) is 2.56. The van der Waals surface area contributed by atoms with Crippen molar-refractivity contribution in [3.05, 3.63) is 53.8 Å². The standard InChI is InChI=1S/C13H13NO/c15-13-9-5-4-6-11(13)10-14-12-7-2-1-3-8-12/h1-3,6-10,15H,4-5H2. The summed E-state index contributed by atoms with van der Waals surface area (Å²) in [5, 5.41) is 9.55. The monoisotopic (exact) mass is 199 g/mol. The first-order valence-electron chi connectivity index (χ1n) is 5.05. The third-order valence-corrected chi connectivity index (χ3v) is 2.27. The minimum Gasteiger partial charge on any atom is -0.508 e. The maximum absolute atomic E-state index is 9.55. The highest BCUT2D eigenvalue weighted by atomic mass is 16.3. The lowest BCUT2D eigenvalue weighted by Gasteiger charge is -2.05. The van der Waals surface area contributed by atoms with Crippen LogP contribution in [0.3, 0.4) is 0 Å². The molecular weight excluding hydrogens is 186 g/mol. The summed E-state index contributed by atoms with van der Waals surface area (Å²) in [6.07, 6.45) is 7.42. The van der Waals surface area contributed by atoms with Crippen molar-refractivity contribution in [2.45, 2.75) is 12.8 Å². The maximum atomic E-state index is 9.55. The van der Waals surface area contributed by atoms with E-state index in [0.717, 1.165) is 24.1 Å². The van der Waals surface area contributed by atoms with Crippen molar-refractivity contribution < 1.29 is 5.11 Å². The Morgan fingerprint density at radius 3 is 2.53 bits per heavy atom. The van der Waals surface area contributed by atoms with Crippen LogP contribution in [0.4, 0.5) is 5.69 Å². The number of allylic oxidation sites excluding steroid dienone is 3. The summed E-state index contributed by atoms with van der Waals surface area (Å²) in [4.78, 5) is 4.29. The molecule has 1 aliphatic carbocycles. The number of benzene rings is 1. The molecule has 0 heterocycles. The minimum atomic E-state index is 0.334. The van der Waals surface area contributed by atoms with E-state index in [0.29, 0.717) is 5.76 Å². The molecule has 2 heteroatoms. The van der Waals surface area contributed by atoms with Crippen molar-refractivity contribution in [2.75, 3.05) is 0 Å². The van der Waals surface area contributed by atoms with Gasteiger partial charge in [0, 0.05) is 11.8 Å². The molecule has 0 spiro atoms. The van der Waals surface area contributed by atoms with Crippen LogP contribution in [0.15, 0.2) is 58.8 Å². The summed E-state index contributed by atoms with van der Waals surface area (Å²) in [6.45, 7) is 0. The number of hydrogen-bond acceptors (Lipinski definition) is 2. The van der Waals surface area contributed by atoms with Crippen molar-refractivity contribution in [2.24, 2.45) is 4.99 Å². The highest BCUT2D eigenvalue weighted by molar-refractivity contribution is 5.85. The molecule has 15 heavy (non-hydrogen) atoms. The fourth-order valence-corrected chi connectivity index (χ4v) is 1.46. The zero-order chi connectivity index (χ0) is 10.5. The summed E-state index contributed by atoms with van der Waals surface area (Å²) >= 11 is 0. The summed E-state index contributed by atoms with van der Waals surface area (Å²) in [5.41, 5.74) is 1.71. The van der Waals surface area contributed by atoms with E-state index in [1.54, 1.807) is 6.21 Å². The predicted molar refractivity (Wildman–Crippen MR) is 62.6 cm³/mol. The zero-order valence-electron chi connectivity index (χ0n) is 8.43. The van der Waals surface area contributed by atoms with Crippen LogP contribution in [0.5, 0.6) is 0 Å². The summed E-state index contributed by atoms with van der Waals surface area (Å²) < 4.78 is 0. The van der Waals surface area contributed by atoms with Crippen LogP contribution in [0.1, 0.15) is 12.8 Å². The average molecular weight is 199 g/mol. The number of aliphatic hydroxyl groups excluding tert-OH is 1. The Hall–Kier alpha value is -1.83. The fraction of sp³-hybridized carbons (Fsp3) is 0.154. The Balaban J connectivity index is 2.12. The lowest BCUT2D eigenvalue weighted by molar-refractivity contribution is 0.422. The summed E-state index contributed by atoms with van der Waals surface area (Å²) in [7, 11) is 0. The van der Waals surface area contributed by atoms with Crippen LogP contribution in [0.2, 0.25) is 0 Å². The first kappa shape index (κ1) is 9.71. The Kier molecular flexibility index (Phi) is 2.98. The molecule has 1 aromatic carbocycles. The number of para-hydroxylation sites is 1. The molecule has 1 aliphatic rings. The van der Waals surface area contributed by atoms with Crippen LogP contribution >= 0.6 is 0 Å². The molecular formula is C13H13NO. The Bertz CT molecular complexity index is 415. The molecule has 1 aromatic rings. The second-order valence-corrected chi connectivity index (χ2v) is 3.42. The van der Waals surface area contributed by atoms with Crippen LogP contribution in [-0.2, 0) is 0 Å². The number of hydrogen-bond donors (Lipinski definition) is 1. The van der Waals surface area contributed by atoms with E-state index in [-0.39, 0.29) is 0 Å². The predicted octanol–water partition coefficient (Wildman–Crippen LogP) is 3.55. The Labute approximate surface area is 89.3 Å². The molecule has 76 valence electrons. The quantitative estimate of drug-likeness (QED) is 0.726. The molecule has 0 saturated carbocycles. The molecule has 0 atom stereocenters. The van der Waals surface area contributed by atoms with Crippen LogP contribution in [0, 0.1) is 0 Å². The number of aliphatic hydroxyl groups is 1. The van der Waals surface area contributed by atoms with Gasteiger partial charge in [0.1, 0.15) is 5.76 Å². The van der Waals surface area contributed by atoms with Crippen molar-refractivity contribution >= 4 is 11.9 Å². The molecule has 0 aliphatic heterocycles. The summed E-state index contributed by atoms with van der Waals surface area (Å²) in [6, 6.07) is 9.70. The highest BCUT2D eigenvalue weighted by Gasteiger charge is 2.03. The Morgan fingerprint density at radius 1 is 1.07 bits per heavy atom. The number of rotatable bonds is 2. The van der Waals surface area contributed by atoms with E-state index in [4.69, 9.17) is 0 Å².